The predicted molar refractivity (Wildman–Crippen MR) is 82.4 cm³/mol. The Morgan fingerprint density at radius 2 is 1.70 bits per heavy atom. The highest BCUT2D eigenvalue weighted by atomic mass is 19.2. The van der Waals surface area contributed by atoms with Gasteiger partial charge in [0.05, 0.1) is 5.92 Å². The summed E-state index contributed by atoms with van der Waals surface area (Å²) in [5.74, 6) is -1.15. The van der Waals surface area contributed by atoms with Gasteiger partial charge in [0.2, 0.25) is 0 Å². The van der Waals surface area contributed by atoms with Crippen LogP contribution in [0.4, 0.5) is 10.1 Å². The van der Waals surface area contributed by atoms with Gasteiger partial charge < -0.3 is 20.2 Å². The molecule has 0 bridgehead atoms. The summed E-state index contributed by atoms with van der Waals surface area (Å²) in [5, 5.41) is 27.0. The van der Waals surface area contributed by atoms with E-state index in [4.69, 9.17) is 15.3 Å². The number of carboxylic acid groups (broad SMARTS) is 1. The van der Waals surface area contributed by atoms with Crippen LogP contribution in [0, 0.1) is 5.92 Å². The fourth-order valence-corrected chi connectivity index (χ4v) is 2.62. The zero-order valence-electron chi connectivity index (χ0n) is 12.2. The van der Waals surface area contributed by atoms with Crippen LogP contribution < -0.4 is 4.90 Å². The third kappa shape index (κ3) is 3.18. The Hall–Kier alpha value is -2.44. The minimum Gasteiger partial charge on any atom is -0.481 e. The first-order valence-electron chi connectivity index (χ1n) is 7.17. The first kappa shape index (κ1) is 15.5. The Morgan fingerprint density at radius 1 is 1.09 bits per heavy atom. The molecule has 0 unspecified atom stereocenters. The summed E-state index contributed by atoms with van der Waals surface area (Å²) in [6.07, 6.45) is 0. The first-order valence-corrected chi connectivity index (χ1v) is 7.17. The van der Waals surface area contributed by atoms with Crippen molar-refractivity contribution in [2.24, 2.45) is 5.92 Å². The van der Waals surface area contributed by atoms with E-state index >= 15 is 0 Å². The molecule has 0 radical (unpaired) electrons. The average molecular weight is 317 g/mol. The van der Waals surface area contributed by atoms with Gasteiger partial charge in [0.25, 0.3) is 0 Å². The Balaban J connectivity index is 1.85. The van der Waals surface area contributed by atoms with Gasteiger partial charge in [0, 0.05) is 24.3 Å². The van der Waals surface area contributed by atoms with E-state index in [9.17, 15) is 9.18 Å². The molecule has 0 spiro atoms. The molecule has 1 aliphatic rings. The van der Waals surface area contributed by atoms with E-state index in [2.05, 4.69) is 0 Å². The Bertz CT molecular complexity index is 735. The van der Waals surface area contributed by atoms with Crippen molar-refractivity contribution in [1.29, 1.82) is 0 Å². The lowest BCUT2D eigenvalue weighted by Gasteiger charge is -2.38. The van der Waals surface area contributed by atoms with E-state index in [-0.39, 0.29) is 11.5 Å². The number of hydrogen-bond acceptors (Lipinski definition) is 4. The molecule has 5 nitrogen and oxygen atoms in total. The van der Waals surface area contributed by atoms with E-state index in [0.29, 0.717) is 18.7 Å². The standard InChI is InChI=1S/C17H16FNO4/c18-17(22,23)14-5-1-3-11(7-14)12-4-2-6-15(8-12)19-9-13(10-19)16(20)21/h1-8,13,22-23H,9-10H2,(H,20,21). The summed E-state index contributed by atoms with van der Waals surface area (Å²) in [6, 6.07) is 9.97. The molecule has 0 atom stereocenters. The quantitative estimate of drug-likeness (QED) is 0.751. The van der Waals surface area contributed by atoms with Gasteiger partial charge in [0.15, 0.2) is 0 Å². The summed E-state index contributed by atoms with van der Waals surface area (Å²) in [7, 11) is 0. The van der Waals surface area contributed by atoms with Crippen molar-refractivity contribution < 1.29 is 24.5 Å². The van der Waals surface area contributed by atoms with Crippen LogP contribution in [-0.4, -0.2) is 34.4 Å². The highest BCUT2D eigenvalue weighted by Gasteiger charge is 2.32. The van der Waals surface area contributed by atoms with Crippen molar-refractivity contribution in [3.8, 4) is 11.1 Å². The second-order valence-electron chi connectivity index (χ2n) is 5.66. The minimum atomic E-state index is -3.38. The van der Waals surface area contributed by atoms with Gasteiger partial charge >= 0.3 is 12.0 Å². The van der Waals surface area contributed by atoms with Crippen LogP contribution in [0.25, 0.3) is 11.1 Å². The highest BCUT2D eigenvalue weighted by molar-refractivity contribution is 5.76. The van der Waals surface area contributed by atoms with Crippen LogP contribution in [0.15, 0.2) is 48.5 Å². The number of benzene rings is 2. The molecular weight excluding hydrogens is 301 g/mol. The fourth-order valence-electron chi connectivity index (χ4n) is 2.62. The zero-order valence-corrected chi connectivity index (χ0v) is 12.2. The van der Waals surface area contributed by atoms with E-state index in [1.807, 2.05) is 29.2 Å². The van der Waals surface area contributed by atoms with E-state index in [1.165, 1.54) is 12.1 Å². The van der Waals surface area contributed by atoms with Gasteiger partial charge in [-0.2, -0.15) is 4.39 Å². The summed E-state index contributed by atoms with van der Waals surface area (Å²) in [4.78, 5) is 12.8. The predicted octanol–water partition coefficient (Wildman–Crippen LogP) is 1.94. The Labute approximate surface area is 132 Å². The van der Waals surface area contributed by atoms with Crippen LogP contribution in [0.5, 0.6) is 0 Å². The molecule has 6 heteroatoms. The lowest BCUT2D eigenvalue weighted by molar-refractivity contribution is -0.269. The van der Waals surface area contributed by atoms with Crippen molar-refractivity contribution in [2.45, 2.75) is 6.04 Å². The smallest absolute Gasteiger partial charge is 0.343 e. The second-order valence-corrected chi connectivity index (χ2v) is 5.66. The van der Waals surface area contributed by atoms with E-state index in [0.717, 1.165) is 11.3 Å². The summed E-state index contributed by atoms with van der Waals surface area (Å²) < 4.78 is 13.3. The zero-order chi connectivity index (χ0) is 16.6. The molecule has 0 saturated carbocycles. The molecule has 1 saturated heterocycles. The number of hydrogen-bond donors (Lipinski definition) is 3. The first-order chi connectivity index (χ1) is 10.8. The SMILES string of the molecule is O=C(O)C1CN(c2cccc(-c3cccc(C(O)(O)F)c3)c2)C1. The third-order valence-electron chi connectivity index (χ3n) is 4.01. The van der Waals surface area contributed by atoms with Gasteiger partial charge in [-0.1, -0.05) is 30.3 Å². The maximum absolute atomic E-state index is 13.3. The average Bonchev–Trinajstić information content (AvgIpc) is 2.45. The molecule has 1 aliphatic heterocycles. The van der Waals surface area contributed by atoms with Crippen molar-refractivity contribution in [1.82, 2.24) is 0 Å². The van der Waals surface area contributed by atoms with Crippen molar-refractivity contribution >= 4 is 11.7 Å². The number of aliphatic hydroxyl groups is 2. The molecule has 3 rings (SSSR count). The summed E-state index contributed by atoms with van der Waals surface area (Å²) >= 11 is 0. The lowest BCUT2D eigenvalue weighted by atomic mass is 9.97. The van der Waals surface area contributed by atoms with Gasteiger partial charge in [-0.25, -0.2) is 0 Å². The molecule has 1 heterocycles. The molecule has 23 heavy (non-hydrogen) atoms. The second kappa shape index (κ2) is 5.64. The van der Waals surface area contributed by atoms with Gasteiger partial charge in [-0.3, -0.25) is 4.79 Å². The number of rotatable bonds is 4. The van der Waals surface area contributed by atoms with Crippen molar-refractivity contribution in [2.75, 3.05) is 18.0 Å². The molecule has 0 aliphatic carbocycles. The number of carbonyl (C=O) groups is 1. The number of carboxylic acids is 1. The van der Waals surface area contributed by atoms with Crippen LogP contribution in [0.1, 0.15) is 5.56 Å². The Kier molecular flexibility index (Phi) is 3.79. The van der Waals surface area contributed by atoms with Gasteiger partial charge in [-0.15, -0.1) is 0 Å². The largest absolute Gasteiger partial charge is 0.481 e. The fraction of sp³-hybridized carbons (Fsp3) is 0.235. The number of aliphatic carboxylic acids is 1. The third-order valence-corrected chi connectivity index (χ3v) is 4.01. The van der Waals surface area contributed by atoms with Crippen LogP contribution >= 0.6 is 0 Å². The lowest BCUT2D eigenvalue weighted by Crippen LogP contribution is -2.50. The molecule has 1 fully saturated rings. The molecule has 0 aromatic heterocycles. The maximum Gasteiger partial charge on any atom is 0.343 e. The topological polar surface area (TPSA) is 81.0 Å². The van der Waals surface area contributed by atoms with Crippen LogP contribution in [-0.2, 0) is 10.8 Å². The molecule has 120 valence electrons. The summed E-state index contributed by atoms with van der Waals surface area (Å²) in [6.45, 7) is 0.916. The maximum atomic E-state index is 13.3. The molecule has 2 aromatic carbocycles. The number of nitrogens with zero attached hydrogens (tertiary/aromatic N) is 1. The molecule has 2 aromatic rings. The molecule has 3 N–H and O–H groups in total. The molecular formula is C17H16FNO4. The van der Waals surface area contributed by atoms with Crippen molar-refractivity contribution in [3.05, 3.63) is 54.1 Å². The van der Waals surface area contributed by atoms with E-state index in [1.54, 1.807) is 12.1 Å². The Morgan fingerprint density at radius 3 is 2.30 bits per heavy atom. The number of anilines is 1. The number of alkyl halides is 1. The van der Waals surface area contributed by atoms with Crippen molar-refractivity contribution in [3.63, 3.8) is 0 Å². The van der Waals surface area contributed by atoms with E-state index < -0.39 is 12.0 Å². The van der Waals surface area contributed by atoms with Gasteiger partial charge in [0.1, 0.15) is 0 Å². The molecule has 0 amide bonds. The monoisotopic (exact) mass is 317 g/mol. The minimum absolute atomic E-state index is 0.240. The normalized spacial score (nSPS) is 15.3. The van der Waals surface area contributed by atoms with Gasteiger partial charge in [-0.05, 0) is 29.3 Å². The highest BCUT2D eigenvalue weighted by Crippen LogP contribution is 2.31. The summed E-state index contributed by atoms with van der Waals surface area (Å²) in [5.41, 5.74) is 2.07. The number of halogens is 1. The van der Waals surface area contributed by atoms with Crippen LogP contribution in [0.2, 0.25) is 0 Å². The van der Waals surface area contributed by atoms with Crippen LogP contribution in [0.3, 0.4) is 0 Å².